The largest absolute Gasteiger partial charge is 0.496 e. The van der Waals surface area contributed by atoms with Crippen LogP contribution < -0.4 is 10.1 Å². The zero-order valence-corrected chi connectivity index (χ0v) is 11.1. The molecule has 0 saturated carbocycles. The monoisotopic (exact) mass is 233 g/mol. The van der Waals surface area contributed by atoms with Gasteiger partial charge in [0.1, 0.15) is 5.75 Å². The number of nitrogens with one attached hydrogen (secondary N) is 1. The van der Waals surface area contributed by atoms with Crippen LogP contribution in [-0.2, 0) is 6.42 Å². The molecule has 0 saturated heterocycles. The molecule has 0 aliphatic heterocycles. The van der Waals surface area contributed by atoms with Crippen LogP contribution in [0.5, 0.6) is 5.75 Å². The molecule has 0 fully saturated rings. The highest BCUT2D eigenvalue weighted by Crippen LogP contribution is 2.20. The molecular formula is C15H23NO. The van der Waals surface area contributed by atoms with Crippen molar-refractivity contribution in [3.63, 3.8) is 0 Å². The van der Waals surface area contributed by atoms with E-state index in [1.165, 1.54) is 11.1 Å². The highest BCUT2D eigenvalue weighted by Gasteiger charge is 2.12. The quantitative estimate of drug-likeness (QED) is 0.730. The normalized spacial score (nSPS) is 12.2. The second-order valence-electron chi connectivity index (χ2n) is 4.37. The molecule has 0 radical (unpaired) electrons. The number of hydrogen-bond donors (Lipinski definition) is 1. The van der Waals surface area contributed by atoms with Gasteiger partial charge in [0, 0.05) is 6.04 Å². The lowest BCUT2D eigenvalue weighted by atomic mass is 10.00. The molecule has 0 spiro atoms. The first-order valence-electron chi connectivity index (χ1n) is 6.19. The Kier molecular flexibility index (Phi) is 5.78. The summed E-state index contributed by atoms with van der Waals surface area (Å²) in [6.45, 7) is 9.32. The van der Waals surface area contributed by atoms with Crippen LogP contribution in [0.3, 0.4) is 0 Å². The van der Waals surface area contributed by atoms with Crippen molar-refractivity contribution in [3.8, 4) is 5.75 Å². The van der Waals surface area contributed by atoms with Crippen molar-refractivity contribution in [2.45, 2.75) is 32.7 Å². The lowest BCUT2D eigenvalue weighted by Gasteiger charge is -2.20. The fraction of sp³-hybridized carbons (Fsp3) is 0.467. The van der Waals surface area contributed by atoms with Crippen LogP contribution in [-0.4, -0.2) is 19.7 Å². The SMILES string of the molecule is C=C(C)C(Cc1ccccc1OC)NCCC. The van der Waals surface area contributed by atoms with Crippen LogP contribution in [0.25, 0.3) is 0 Å². The van der Waals surface area contributed by atoms with Crippen molar-refractivity contribution < 1.29 is 4.74 Å². The van der Waals surface area contributed by atoms with Crippen LogP contribution in [0.1, 0.15) is 25.8 Å². The molecule has 94 valence electrons. The van der Waals surface area contributed by atoms with E-state index in [-0.39, 0.29) is 0 Å². The Hall–Kier alpha value is -1.28. The van der Waals surface area contributed by atoms with Gasteiger partial charge >= 0.3 is 0 Å². The summed E-state index contributed by atoms with van der Waals surface area (Å²) in [5, 5.41) is 3.51. The third kappa shape index (κ3) is 4.23. The maximum Gasteiger partial charge on any atom is 0.122 e. The molecule has 1 unspecified atom stereocenters. The molecule has 0 amide bonds. The molecule has 1 rings (SSSR count). The Morgan fingerprint density at radius 3 is 2.71 bits per heavy atom. The molecule has 1 atom stereocenters. The number of ether oxygens (including phenoxy) is 1. The first-order valence-corrected chi connectivity index (χ1v) is 6.19. The summed E-state index contributed by atoms with van der Waals surface area (Å²) in [5.74, 6) is 0.956. The molecular weight excluding hydrogens is 210 g/mol. The summed E-state index contributed by atoms with van der Waals surface area (Å²) < 4.78 is 5.37. The van der Waals surface area contributed by atoms with Gasteiger partial charge < -0.3 is 10.1 Å². The zero-order chi connectivity index (χ0) is 12.7. The minimum absolute atomic E-state index is 0.325. The van der Waals surface area contributed by atoms with Crippen LogP contribution in [0.15, 0.2) is 36.4 Å². The highest BCUT2D eigenvalue weighted by molar-refractivity contribution is 5.34. The predicted molar refractivity (Wildman–Crippen MR) is 73.6 cm³/mol. The van der Waals surface area contributed by atoms with Crippen LogP contribution >= 0.6 is 0 Å². The van der Waals surface area contributed by atoms with E-state index in [0.29, 0.717) is 6.04 Å². The van der Waals surface area contributed by atoms with Crippen molar-refractivity contribution >= 4 is 0 Å². The standard InChI is InChI=1S/C15H23NO/c1-5-10-16-14(12(2)3)11-13-8-6-7-9-15(13)17-4/h6-9,14,16H,2,5,10-11H2,1,3-4H3. The minimum atomic E-state index is 0.325. The van der Waals surface area contributed by atoms with Gasteiger partial charge in [0.15, 0.2) is 0 Å². The summed E-state index contributed by atoms with van der Waals surface area (Å²) in [6, 6.07) is 8.49. The lowest BCUT2D eigenvalue weighted by molar-refractivity contribution is 0.407. The topological polar surface area (TPSA) is 21.3 Å². The summed E-state index contributed by atoms with van der Waals surface area (Å²) in [4.78, 5) is 0. The van der Waals surface area contributed by atoms with Gasteiger partial charge in [0.05, 0.1) is 7.11 Å². The molecule has 1 N–H and O–H groups in total. The van der Waals surface area contributed by atoms with Gasteiger partial charge in [-0.1, -0.05) is 37.3 Å². The number of methoxy groups -OCH3 is 1. The van der Waals surface area contributed by atoms with Gasteiger partial charge in [-0.25, -0.2) is 0 Å². The Morgan fingerprint density at radius 2 is 2.12 bits per heavy atom. The van der Waals surface area contributed by atoms with E-state index in [1.54, 1.807) is 7.11 Å². The molecule has 17 heavy (non-hydrogen) atoms. The van der Waals surface area contributed by atoms with E-state index in [0.717, 1.165) is 25.1 Å². The fourth-order valence-corrected chi connectivity index (χ4v) is 1.83. The van der Waals surface area contributed by atoms with Crippen LogP contribution in [0, 0.1) is 0 Å². The Labute approximate surface area is 105 Å². The Bertz CT molecular complexity index is 360. The van der Waals surface area contributed by atoms with Gasteiger partial charge in [0.25, 0.3) is 0 Å². The number of para-hydroxylation sites is 1. The van der Waals surface area contributed by atoms with Crippen molar-refractivity contribution in [1.29, 1.82) is 0 Å². The van der Waals surface area contributed by atoms with Gasteiger partial charge in [-0.05, 0) is 37.9 Å². The van der Waals surface area contributed by atoms with Crippen LogP contribution in [0.2, 0.25) is 0 Å². The summed E-state index contributed by atoms with van der Waals surface area (Å²) >= 11 is 0. The molecule has 0 aliphatic carbocycles. The van der Waals surface area contributed by atoms with Crippen molar-refractivity contribution in [3.05, 3.63) is 42.0 Å². The first-order chi connectivity index (χ1) is 8.19. The molecule has 0 aliphatic rings. The van der Waals surface area contributed by atoms with E-state index < -0.39 is 0 Å². The summed E-state index contributed by atoms with van der Waals surface area (Å²) in [7, 11) is 1.72. The number of hydrogen-bond acceptors (Lipinski definition) is 2. The molecule has 0 bridgehead atoms. The van der Waals surface area contributed by atoms with E-state index in [1.807, 2.05) is 18.2 Å². The molecule has 1 aromatic carbocycles. The average molecular weight is 233 g/mol. The fourth-order valence-electron chi connectivity index (χ4n) is 1.83. The molecule has 0 heterocycles. The second-order valence-corrected chi connectivity index (χ2v) is 4.37. The molecule has 0 aromatic heterocycles. The number of benzene rings is 1. The molecule has 2 heteroatoms. The van der Waals surface area contributed by atoms with E-state index in [9.17, 15) is 0 Å². The third-order valence-corrected chi connectivity index (χ3v) is 2.85. The number of rotatable bonds is 7. The molecule has 2 nitrogen and oxygen atoms in total. The Balaban J connectivity index is 2.74. The summed E-state index contributed by atoms with van der Waals surface area (Å²) in [6.07, 6.45) is 2.06. The highest BCUT2D eigenvalue weighted by atomic mass is 16.5. The second kappa shape index (κ2) is 7.13. The van der Waals surface area contributed by atoms with E-state index in [4.69, 9.17) is 4.74 Å². The minimum Gasteiger partial charge on any atom is -0.496 e. The van der Waals surface area contributed by atoms with Crippen molar-refractivity contribution in [2.24, 2.45) is 0 Å². The van der Waals surface area contributed by atoms with Crippen LogP contribution in [0.4, 0.5) is 0 Å². The van der Waals surface area contributed by atoms with Gasteiger partial charge in [-0.3, -0.25) is 0 Å². The predicted octanol–water partition coefficient (Wildman–Crippen LogP) is 3.18. The lowest BCUT2D eigenvalue weighted by Crippen LogP contribution is -2.32. The van der Waals surface area contributed by atoms with Gasteiger partial charge in [0.2, 0.25) is 0 Å². The van der Waals surface area contributed by atoms with Gasteiger partial charge in [-0.2, -0.15) is 0 Å². The summed E-state index contributed by atoms with van der Waals surface area (Å²) in [5.41, 5.74) is 2.40. The first kappa shape index (κ1) is 13.8. The molecule has 1 aromatic rings. The van der Waals surface area contributed by atoms with Gasteiger partial charge in [-0.15, -0.1) is 0 Å². The third-order valence-electron chi connectivity index (χ3n) is 2.85. The smallest absolute Gasteiger partial charge is 0.122 e. The van der Waals surface area contributed by atoms with E-state index >= 15 is 0 Å². The maximum atomic E-state index is 5.37. The van der Waals surface area contributed by atoms with E-state index in [2.05, 4.69) is 31.8 Å². The maximum absolute atomic E-state index is 5.37. The Morgan fingerprint density at radius 1 is 1.41 bits per heavy atom. The van der Waals surface area contributed by atoms with Crippen molar-refractivity contribution in [2.75, 3.05) is 13.7 Å². The zero-order valence-electron chi connectivity index (χ0n) is 11.1. The average Bonchev–Trinajstić information content (AvgIpc) is 2.34. The van der Waals surface area contributed by atoms with Crippen molar-refractivity contribution in [1.82, 2.24) is 5.32 Å².